The van der Waals surface area contributed by atoms with E-state index in [1.54, 1.807) is 7.11 Å². The summed E-state index contributed by atoms with van der Waals surface area (Å²) < 4.78 is 10.5. The minimum Gasteiger partial charge on any atom is -0.497 e. The van der Waals surface area contributed by atoms with Gasteiger partial charge in [0.25, 0.3) is 0 Å². The van der Waals surface area contributed by atoms with E-state index in [4.69, 9.17) is 9.47 Å². The Morgan fingerprint density at radius 3 is 2.95 bits per heavy atom. The average Bonchev–Trinajstić information content (AvgIpc) is 2.52. The van der Waals surface area contributed by atoms with Gasteiger partial charge in [0.1, 0.15) is 11.8 Å². The first-order chi connectivity index (χ1) is 9.83. The van der Waals surface area contributed by atoms with Crippen LogP contribution in [0.3, 0.4) is 0 Å². The molecule has 0 spiro atoms. The number of methoxy groups -OCH3 is 1. The Kier molecular flexibility index (Phi) is 5.81. The molecule has 2 rings (SSSR count). The van der Waals surface area contributed by atoms with Crippen molar-refractivity contribution in [3.05, 3.63) is 29.8 Å². The standard InChI is InChI=1S/C15H21N3O2/c1-19-14-4-2-3-13(11-14)15(12-16)17-5-6-18-7-9-20-10-8-18/h2-4,11,15,17H,5-10H2,1H3. The van der Waals surface area contributed by atoms with Gasteiger partial charge < -0.3 is 9.47 Å². The second-order valence-corrected chi connectivity index (χ2v) is 4.75. The van der Waals surface area contributed by atoms with Crippen LogP contribution in [0, 0.1) is 11.3 Å². The summed E-state index contributed by atoms with van der Waals surface area (Å²) in [7, 11) is 1.63. The third-order valence-electron chi connectivity index (χ3n) is 3.44. The zero-order valence-electron chi connectivity index (χ0n) is 11.8. The number of hydrogen-bond acceptors (Lipinski definition) is 5. The lowest BCUT2D eigenvalue weighted by Crippen LogP contribution is -2.40. The molecule has 0 radical (unpaired) electrons. The zero-order chi connectivity index (χ0) is 14.2. The van der Waals surface area contributed by atoms with Gasteiger partial charge in [-0.15, -0.1) is 0 Å². The van der Waals surface area contributed by atoms with Crippen molar-refractivity contribution in [2.75, 3.05) is 46.5 Å². The maximum atomic E-state index is 9.29. The Morgan fingerprint density at radius 2 is 2.25 bits per heavy atom. The number of nitrogens with one attached hydrogen (secondary N) is 1. The molecule has 1 aliphatic heterocycles. The van der Waals surface area contributed by atoms with Gasteiger partial charge in [0.15, 0.2) is 0 Å². The van der Waals surface area contributed by atoms with Crippen LogP contribution in [0.15, 0.2) is 24.3 Å². The molecular formula is C15H21N3O2. The number of nitriles is 1. The largest absolute Gasteiger partial charge is 0.497 e. The molecule has 20 heavy (non-hydrogen) atoms. The van der Waals surface area contributed by atoms with Gasteiger partial charge >= 0.3 is 0 Å². The highest BCUT2D eigenvalue weighted by Gasteiger charge is 2.13. The first-order valence-electron chi connectivity index (χ1n) is 6.90. The molecule has 1 saturated heterocycles. The molecule has 0 bridgehead atoms. The molecule has 1 unspecified atom stereocenters. The molecular weight excluding hydrogens is 254 g/mol. The molecule has 0 aliphatic carbocycles. The molecule has 0 saturated carbocycles. The molecule has 0 aromatic heterocycles. The summed E-state index contributed by atoms with van der Waals surface area (Å²) in [6.07, 6.45) is 0. The number of ether oxygens (including phenoxy) is 2. The molecule has 1 aliphatic rings. The van der Waals surface area contributed by atoms with Crippen molar-refractivity contribution in [1.29, 1.82) is 5.26 Å². The first-order valence-corrected chi connectivity index (χ1v) is 6.90. The number of morpholine rings is 1. The van der Waals surface area contributed by atoms with Crippen LogP contribution in [-0.2, 0) is 4.74 Å². The number of nitrogens with zero attached hydrogens (tertiary/aromatic N) is 2. The topological polar surface area (TPSA) is 57.5 Å². The van der Waals surface area contributed by atoms with E-state index in [0.29, 0.717) is 0 Å². The monoisotopic (exact) mass is 275 g/mol. The van der Waals surface area contributed by atoms with E-state index in [-0.39, 0.29) is 6.04 Å². The molecule has 1 aromatic carbocycles. The van der Waals surface area contributed by atoms with E-state index in [1.165, 1.54) is 0 Å². The molecule has 1 atom stereocenters. The van der Waals surface area contributed by atoms with Crippen molar-refractivity contribution < 1.29 is 9.47 Å². The van der Waals surface area contributed by atoms with Crippen LogP contribution < -0.4 is 10.1 Å². The number of hydrogen-bond donors (Lipinski definition) is 1. The minimum absolute atomic E-state index is 0.300. The van der Waals surface area contributed by atoms with Crippen molar-refractivity contribution in [3.63, 3.8) is 0 Å². The molecule has 1 heterocycles. The molecule has 1 aromatic rings. The van der Waals surface area contributed by atoms with Crippen molar-refractivity contribution in [1.82, 2.24) is 10.2 Å². The van der Waals surface area contributed by atoms with E-state index < -0.39 is 0 Å². The van der Waals surface area contributed by atoms with Crippen molar-refractivity contribution in [3.8, 4) is 11.8 Å². The fourth-order valence-electron chi connectivity index (χ4n) is 2.25. The smallest absolute Gasteiger partial charge is 0.121 e. The maximum absolute atomic E-state index is 9.29. The van der Waals surface area contributed by atoms with E-state index in [2.05, 4.69) is 16.3 Å². The van der Waals surface area contributed by atoms with E-state index >= 15 is 0 Å². The van der Waals surface area contributed by atoms with Crippen LogP contribution in [0.5, 0.6) is 5.75 Å². The number of rotatable bonds is 6. The maximum Gasteiger partial charge on any atom is 0.121 e. The second kappa shape index (κ2) is 7.85. The summed E-state index contributed by atoms with van der Waals surface area (Å²) in [6, 6.07) is 9.62. The fourth-order valence-corrected chi connectivity index (χ4v) is 2.25. The normalized spacial score (nSPS) is 17.4. The van der Waals surface area contributed by atoms with Crippen molar-refractivity contribution in [2.24, 2.45) is 0 Å². The lowest BCUT2D eigenvalue weighted by Gasteiger charge is -2.27. The van der Waals surface area contributed by atoms with Crippen LogP contribution >= 0.6 is 0 Å². The number of benzene rings is 1. The van der Waals surface area contributed by atoms with E-state index in [1.807, 2.05) is 24.3 Å². The van der Waals surface area contributed by atoms with Crippen molar-refractivity contribution >= 4 is 0 Å². The average molecular weight is 275 g/mol. The SMILES string of the molecule is COc1cccc(C(C#N)NCCN2CCOCC2)c1. The van der Waals surface area contributed by atoms with Gasteiger partial charge in [0, 0.05) is 26.2 Å². The van der Waals surface area contributed by atoms with Gasteiger partial charge in [-0.1, -0.05) is 12.1 Å². The fraction of sp³-hybridized carbons (Fsp3) is 0.533. The van der Waals surface area contributed by atoms with Crippen molar-refractivity contribution in [2.45, 2.75) is 6.04 Å². The van der Waals surface area contributed by atoms with E-state index in [9.17, 15) is 5.26 Å². The van der Waals surface area contributed by atoms with Gasteiger partial charge in [-0.05, 0) is 17.7 Å². The third kappa shape index (κ3) is 4.20. The minimum atomic E-state index is -0.300. The predicted octanol–water partition coefficient (Wildman–Crippen LogP) is 1.18. The zero-order valence-corrected chi connectivity index (χ0v) is 11.8. The highest BCUT2D eigenvalue weighted by atomic mass is 16.5. The van der Waals surface area contributed by atoms with E-state index in [0.717, 1.165) is 50.7 Å². The summed E-state index contributed by atoms with van der Waals surface area (Å²) in [5.41, 5.74) is 0.939. The quantitative estimate of drug-likeness (QED) is 0.845. The van der Waals surface area contributed by atoms with Gasteiger partial charge in [-0.2, -0.15) is 5.26 Å². The summed E-state index contributed by atoms with van der Waals surface area (Å²) in [4.78, 5) is 2.34. The van der Waals surface area contributed by atoms with Crippen LogP contribution in [0.4, 0.5) is 0 Å². The molecule has 108 valence electrons. The molecule has 5 nitrogen and oxygen atoms in total. The second-order valence-electron chi connectivity index (χ2n) is 4.75. The Hall–Kier alpha value is -1.61. The van der Waals surface area contributed by atoms with Crippen LogP contribution in [0.1, 0.15) is 11.6 Å². The Balaban J connectivity index is 1.83. The van der Waals surface area contributed by atoms with Gasteiger partial charge in [0.05, 0.1) is 26.4 Å². The van der Waals surface area contributed by atoms with Crippen LogP contribution in [0.25, 0.3) is 0 Å². The Labute approximate surface area is 120 Å². The highest BCUT2D eigenvalue weighted by Crippen LogP contribution is 2.18. The Morgan fingerprint density at radius 1 is 1.45 bits per heavy atom. The van der Waals surface area contributed by atoms with Gasteiger partial charge in [0.2, 0.25) is 0 Å². The van der Waals surface area contributed by atoms with Gasteiger partial charge in [-0.3, -0.25) is 10.2 Å². The highest BCUT2D eigenvalue weighted by molar-refractivity contribution is 5.32. The molecule has 0 amide bonds. The lowest BCUT2D eigenvalue weighted by atomic mass is 10.1. The first kappa shape index (κ1) is 14.8. The summed E-state index contributed by atoms with van der Waals surface area (Å²) >= 11 is 0. The Bertz CT molecular complexity index is 453. The summed E-state index contributed by atoms with van der Waals surface area (Å²) in [5.74, 6) is 0.776. The molecule has 1 fully saturated rings. The summed E-state index contributed by atoms with van der Waals surface area (Å²) in [5, 5.41) is 12.6. The van der Waals surface area contributed by atoms with Crippen LogP contribution in [0.2, 0.25) is 0 Å². The predicted molar refractivity (Wildman–Crippen MR) is 76.6 cm³/mol. The molecule has 1 N–H and O–H groups in total. The van der Waals surface area contributed by atoms with Gasteiger partial charge in [-0.25, -0.2) is 0 Å². The summed E-state index contributed by atoms with van der Waals surface area (Å²) in [6.45, 7) is 5.27. The molecule has 5 heteroatoms. The third-order valence-corrected chi connectivity index (χ3v) is 3.44. The van der Waals surface area contributed by atoms with Crippen LogP contribution in [-0.4, -0.2) is 51.4 Å². The lowest BCUT2D eigenvalue weighted by molar-refractivity contribution is 0.0383.